The van der Waals surface area contributed by atoms with E-state index in [0.717, 1.165) is 16.9 Å². The molecule has 0 radical (unpaired) electrons. The predicted molar refractivity (Wildman–Crippen MR) is 124 cm³/mol. The van der Waals surface area contributed by atoms with Crippen LogP contribution in [0.25, 0.3) is 6.08 Å². The lowest BCUT2D eigenvalue weighted by Gasteiger charge is -2.35. The molecule has 3 aromatic rings. The van der Waals surface area contributed by atoms with Gasteiger partial charge in [0, 0.05) is 6.54 Å². The maximum absolute atomic E-state index is 6.47. The normalized spacial score (nSPS) is 15.5. The molecule has 4 rings (SSSR count). The van der Waals surface area contributed by atoms with E-state index in [1.165, 1.54) is 22.9 Å². The van der Waals surface area contributed by atoms with Gasteiger partial charge in [-0.2, -0.15) is 0 Å². The van der Waals surface area contributed by atoms with Crippen molar-refractivity contribution in [2.45, 2.75) is 24.7 Å². The SMILES string of the molecule is CSc1nc(Cl)c2c(n1)N(Cc1ccc(Cl)c(Cl)c1)C(c1ccc(C)cc1)C=C2. The van der Waals surface area contributed by atoms with Crippen LogP contribution < -0.4 is 4.90 Å². The molecule has 0 saturated heterocycles. The third-order valence-electron chi connectivity index (χ3n) is 4.85. The van der Waals surface area contributed by atoms with Crippen LogP contribution in [-0.2, 0) is 6.54 Å². The Labute approximate surface area is 189 Å². The highest BCUT2D eigenvalue weighted by Crippen LogP contribution is 2.40. The first-order chi connectivity index (χ1) is 14.0. The summed E-state index contributed by atoms with van der Waals surface area (Å²) < 4.78 is 0. The first-order valence-electron chi connectivity index (χ1n) is 9.03. The van der Waals surface area contributed by atoms with Crippen LogP contribution in [-0.4, -0.2) is 16.2 Å². The molecule has 1 atom stereocenters. The van der Waals surface area contributed by atoms with Crippen molar-refractivity contribution in [2.24, 2.45) is 0 Å². The standard InChI is InChI=1S/C22H18Cl3N3S/c1-13-3-6-15(7-4-13)19-10-8-16-20(25)26-22(29-2)27-21(16)28(19)12-14-5-9-17(23)18(24)11-14/h3-11,19H,12H2,1-2H3. The zero-order valence-corrected chi connectivity index (χ0v) is 18.9. The van der Waals surface area contributed by atoms with Crippen LogP contribution >= 0.6 is 46.6 Å². The zero-order chi connectivity index (χ0) is 20.5. The number of rotatable bonds is 4. The van der Waals surface area contributed by atoms with Gasteiger partial charge in [0.25, 0.3) is 0 Å². The highest BCUT2D eigenvalue weighted by Gasteiger charge is 2.28. The van der Waals surface area contributed by atoms with Crippen molar-refractivity contribution in [2.75, 3.05) is 11.2 Å². The summed E-state index contributed by atoms with van der Waals surface area (Å²) >= 11 is 20.3. The summed E-state index contributed by atoms with van der Waals surface area (Å²) in [4.78, 5) is 11.4. The maximum atomic E-state index is 6.47. The van der Waals surface area contributed by atoms with Crippen LogP contribution in [0.1, 0.15) is 28.3 Å². The number of halogens is 3. The van der Waals surface area contributed by atoms with E-state index >= 15 is 0 Å². The van der Waals surface area contributed by atoms with Gasteiger partial charge < -0.3 is 4.90 Å². The Morgan fingerprint density at radius 3 is 2.45 bits per heavy atom. The number of aryl methyl sites for hydroxylation is 1. The molecule has 29 heavy (non-hydrogen) atoms. The average molecular weight is 463 g/mol. The van der Waals surface area contributed by atoms with Crippen LogP contribution in [0.15, 0.2) is 53.7 Å². The second-order valence-electron chi connectivity index (χ2n) is 6.83. The molecule has 0 bridgehead atoms. The molecule has 2 heterocycles. The van der Waals surface area contributed by atoms with Gasteiger partial charge in [-0.05, 0) is 42.5 Å². The minimum absolute atomic E-state index is 0.0122. The van der Waals surface area contributed by atoms with Crippen LogP contribution in [0.3, 0.4) is 0 Å². The Balaban J connectivity index is 1.82. The van der Waals surface area contributed by atoms with E-state index in [2.05, 4.69) is 47.1 Å². The van der Waals surface area contributed by atoms with Crippen molar-refractivity contribution >= 4 is 58.5 Å². The molecule has 0 saturated carbocycles. The maximum Gasteiger partial charge on any atom is 0.190 e. The summed E-state index contributed by atoms with van der Waals surface area (Å²) in [6, 6.07) is 14.3. The Morgan fingerprint density at radius 1 is 1.00 bits per heavy atom. The molecule has 0 spiro atoms. The highest BCUT2D eigenvalue weighted by atomic mass is 35.5. The summed E-state index contributed by atoms with van der Waals surface area (Å²) in [5.41, 5.74) is 4.27. The van der Waals surface area contributed by atoms with Crippen molar-refractivity contribution in [1.82, 2.24) is 9.97 Å². The minimum atomic E-state index is 0.0122. The lowest BCUT2D eigenvalue weighted by atomic mass is 9.98. The first kappa shape index (κ1) is 20.5. The van der Waals surface area contributed by atoms with Gasteiger partial charge in [0.05, 0.1) is 21.7 Å². The minimum Gasteiger partial charge on any atom is -0.341 e. The number of nitrogens with zero attached hydrogens (tertiary/aromatic N) is 3. The summed E-state index contributed by atoms with van der Waals surface area (Å²) in [7, 11) is 0. The van der Waals surface area contributed by atoms with E-state index in [1.807, 2.05) is 30.5 Å². The van der Waals surface area contributed by atoms with Crippen LogP contribution in [0.2, 0.25) is 15.2 Å². The van der Waals surface area contributed by atoms with Crippen LogP contribution in [0.5, 0.6) is 0 Å². The summed E-state index contributed by atoms with van der Waals surface area (Å²) in [5, 5.41) is 2.18. The number of thioether (sulfide) groups is 1. The molecule has 0 fully saturated rings. The van der Waals surface area contributed by atoms with E-state index in [-0.39, 0.29) is 6.04 Å². The molecule has 1 aliphatic rings. The van der Waals surface area contributed by atoms with Gasteiger partial charge in [0.1, 0.15) is 11.0 Å². The van der Waals surface area contributed by atoms with Gasteiger partial charge in [0.2, 0.25) is 0 Å². The lowest BCUT2D eigenvalue weighted by molar-refractivity contribution is 0.693. The van der Waals surface area contributed by atoms with Crippen molar-refractivity contribution < 1.29 is 0 Å². The molecule has 0 N–H and O–H groups in total. The Hall–Kier alpha value is -1.72. The second kappa shape index (κ2) is 8.57. The summed E-state index contributed by atoms with van der Waals surface area (Å²) in [6.07, 6.45) is 6.09. The third kappa shape index (κ3) is 4.26. The molecule has 1 unspecified atom stereocenters. The number of anilines is 1. The van der Waals surface area contributed by atoms with E-state index in [1.54, 1.807) is 0 Å². The largest absolute Gasteiger partial charge is 0.341 e. The molecule has 3 nitrogen and oxygen atoms in total. The molecule has 7 heteroatoms. The summed E-state index contributed by atoms with van der Waals surface area (Å²) in [5.74, 6) is 0.813. The molecular weight excluding hydrogens is 445 g/mol. The average Bonchev–Trinajstić information content (AvgIpc) is 2.71. The van der Waals surface area contributed by atoms with Gasteiger partial charge in [-0.15, -0.1) is 0 Å². The zero-order valence-electron chi connectivity index (χ0n) is 15.9. The third-order valence-corrected chi connectivity index (χ3v) is 6.42. The number of fused-ring (bicyclic) bond motifs is 1. The fourth-order valence-electron chi connectivity index (χ4n) is 3.35. The van der Waals surface area contributed by atoms with Crippen molar-refractivity contribution in [3.8, 4) is 0 Å². The lowest BCUT2D eigenvalue weighted by Crippen LogP contribution is -2.31. The van der Waals surface area contributed by atoms with Crippen molar-refractivity contribution in [3.05, 3.63) is 86.0 Å². The molecule has 148 valence electrons. The fraction of sp³-hybridized carbons (Fsp3) is 0.182. The van der Waals surface area contributed by atoms with Crippen LogP contribution in [0.4, 0.5) is 5.82 Å². The van der Waals surface area contributed by atoms with Crippen LogP contribution in [0, 0.1) is 6.92 Å². The number of hydrogen-bond donors (Lipinski definition) is 0. The topological polar surface area (TPSA) is 29.0 Å². The van der Waals surface area contributed by atoms with E-state index < -0.39 is 0 Å². The monoisotopic (exact) mass is 461 g/mol. The quantitative estimate of drug-likeness (QED) is 0.232. The number of hydrogen-bond acceptors (Lipinski definition) is 4. The van der Waals surface area contributed by atoms with Gasteiger partial charge in [-0.25, -0.2) is 9.97 Å². The number of aromatic nitrogens is 2. The van der Waals surface area contributed by atoms with Gasteiger partial charge in [-0.3, -0.25) is 0 Å². The fourth-order valence-corrected chi connectivity index (χ4v) is 4.31. The second-order valence-corrected chi connectivity index (χ2v) is 8.78. The highest BCUT2D eigenvalue weighted by molar-refractivity contribution is 7.98. The molecule has 1 aliphatic heterocycles. The first-order valence-corrected chi connectivity index (χ1v) is 11.4. The van der Waals surface area contributed by atoms with Gasteiger partial charge >= 0.3 is 0 Å². The molecule has 2 aromatic carbocycles. The molecule has 0 aliphatic carbocycles. The van der Waals surface area contributed by atoms with E-state index in [0.29, 0.717) is 26.9 Å². The smallest absolute Gasteiger partial charge is 0.190 e. The molecular formula is C22H18Cl3N3S. The Kier molecular flexibility index (Phi) is 6.07. The van der Waals surface area contributed by atoms with E-state index in [4.69, 9.17) is 39.8 Å². The van der Waals surface area contributed by atoms with Gasteiger partial charge in [-0.1, -0.05) is 88.5 Å². The van der Waals surface area contributed by atoms with Crippen molar-refractivity contribution in [1.29, 1.82) is 0 Å². The molecule has 1 aromatic heterocycles. The van der Waals surface area contributed by atoms with Gasteiger partial charge in [0.15, 0.2) is 5.16 Å². The number of benzene rings is 2. The van der Waals surface area contributed by atoms with Crippen molar-refractivity contribution in [3.63, 3.8) is 0 Å². The predicted octanol–water partition coefficient (Wildman–Crippen LogP) is 7.24. The van der Waals surface area contributed by atoms with E-state index in [9.17, 15) is 0 Å². The Bertz CT molecular complexity index is 1080. The Morgan fingerprint density at radius 2 is 1.76 bits per heavy atom. The molecule has 0 amide bonds. The summed E-state index contributed by atoms with van der Waals surface area (Å²) in [6.45, 7) is 2.69.